The lowest BCUT2D eigenvalue weighted by Crippen LogP contribution is -2.32. The quantitative estimate of drug-likeness (QED) is 0.538. The van der Waals surface area contributed by atoms with Crippen LogP contribution in [0.2, 0.25) is 0 Å². The molecule has 0 amide bonds. The predicted molar refractivity (Wildman–Crippen MR) is 119 cm³/mol. The summed E-state index contributed by atoms with van der Waals surface area (Å²) in [6.45, 7) is -0.544. The van der Waals surface area contributed by atoms with Crippen molar-refractivity contribution in [3.05, 3.63) is 46.9 Å². The van der Waals surface area contributed by atoms with Crippen LogP contribution < -0.4 is 14.8 Å². The first-order valence-electron chi connectivity index (χ1n) is 11.2. The third kappa shape index (κ3) is 4.65. The molecule has 2 aromatic carbocycles. The van der Waals surface area contributed by atoms with E-state index in [-0.39, 0.29) is 5.92 Å². The monoisotopic (exact) mass is 477 g/mol. The second kappa shape index (κ2) is 9.14. The highest BCUT2D eigenvalue weighted by atomic mass is 79.9. The number of likely N-dealkylation sites (tertiary alicyclic amines) is 1. The Morgan fingerprint density at radius 3 is 2.80 bits per heavy atom. The van der Waals surface area contributed by atoms with E-state index in [9.17, 15) is 4.39 Å². The molecule has 0 spiro atoms. The lowest BCUT2D eigenvalue weighted by molar-refractivity contribution is 0.157. The van der Waals surface area contributed by atoms with Crippen molar-refractivity contribution in [2.45, 2.75) is 12.8 Å². The highest BCUT2D eigenvalue weighted by Crippen LogP contribution is 2.35. The molecule has 1 N–H and O–H groups in total. The Morgan fingerprint density at radius 2 is 2.07 bits per heavy atom. The molecule has 0 radical (unpaired) electrons. The smallest absolute Gasteiger partial charge is 0.163 e. The van der Waals surface area contributed by atoms with Gasteiger partial charge in [0.05, 0.1) is 24.9 Å². The van der Waals surface area contributed by atoms with Crippen LogP contribution in [0.15, 0.2) is 41.1 Å². The predicted octanol–water partition coefficient (Wildman–Crippen LogP) is 5.00. The molecular formula is C22H24BrFN4O2. The van der Waals surface area contributed by atoms with E-state index in [0.717, 1.165) is 12.8 Å². The number of nitrogens with one attached hydrogen (secondary N) is 1. The third-order valence-corrected chi connectivity index (χ3v) is 5.69. The van der Waals surface area contributed by atoms with Gasteiger partial charge in [-0.2, -0.15) is 0 Å². The summed E-state index contributed by atoms with van der Waals surface area (Å²) in [5.74, 6) is 1.35. The van der Waals surface area contributed by atoms with Crippen LogP contribution in [0.3, 0.4) is 0 Å². The first-order valence-corrected chi connectivity index (χ1v) is 10.5. The number of halogens is 2. The molecule has 1 fully saturated rings. The third-order valence-electron chi connectivity index (χ3n) is 5.19. The van der Waals surface area contributed by atoms with Crippen LogP contribution in [-0.4, -0.2) is 48.6 Å². The van der Waals surface area contributed by atoms with Gasteiger partial charge in [0, 0.05) is 20.0 Å². The van der Waals surface area contributed by atoms with E-state index in [0.29, 0.717) is 58.1 Å². The number of fused-ring (bicyclic) bond motifs is 1. The number of ether oxygens (including phenoxy) is 2. The maximum Gasteiger partial charge on any atom is 0.163 e. The molecule has 3 aromatic rings. The molecule has 1 aromatic heterocycles. The van der Waals surface area contributed by atoms with E-state index in [1.165, 1.54) is 17.3 Å². The highest BCUT2D eigenvalue weighted by Gasteiger charge is 2.19. The summed E-state index contributed by atoms with van der Waals surface area (Å²) in [4.78, 5) is 10.1. The fourth-order valence-electron chi connectivity index (χ4n) is 3.46. The molecule has 1 aliphatic rings. The summed E-state index contributed by atoms with van der Waals surface area (Å²) in [5, 5.41) is 3.68. The molecule has 0 atom stereocenters. The number of benzene rings is 2. The van der Waals surface area contributed by atoms with E-state index in [4.69, 9.17) is 13.6 Å². The summed E-state index contributed by atoms with van der Waals surface area (Å²) in [5.41, 5.74) is 0.916. The molecule has 8 heteroatoms. The van der Waals surface area contributed by atoms with Gasteiger partial charge in [-0.1, -0.05) is 15.9 Å². The molecule has 2 heterocycles. The van der Waals surface area contributed by atoms with Crippen LogP contribution in [0.1, 0.15) is 17.0 Å². The Labute approximate surface area is 187 Å². The number of anilines is 2. The van der Waals surface area contributed by atoms with Crippen molar-refractivity contribution in [2.75, 3.05) is 39.1 Å². The van der Waals surface area contributed by atoms with Crippen LogP contribution in [0.5, 0.6) is 11.5 Å². The maximum absolute atomic E-state index is 14.3. The molecule has 0 aliphatic carbocycles. The lowest BCUT2D eigenvalue weighted by atomic mass is 9.98. The number of hydrogen-bond donors (Lipinski definition) is 1. The topological polar surface area (TPSA) is 59.5 Å². The van der Waals surface area contributed by atoms with E-state index >= 15 is 0 Å². The number of methoxy groups -OCH3 is 1. The number of piperidine rings is 1. The number of nitrogens with zero attached hydrogens (tertiary/aromatic N) is 3. The van der Waals surface area contributed by atoms with Gasteiger partial charge in [0.2, 0.25) is 0 Å². The zero-order chi connectivity index (χ0) is 23.6. The SMILES string of the molecule is [2H]C([2H])([2H])N1CCC(COc2cc3ncnc(Nc4ccc(Br)cc4F)c3cc2OC)CC1. The zero-order valence-corrected chi connectivity index (χ0v) is 18.1. The van der Waals surface area contributed by atoms with Crippen LogP contribution in [-0.2, 0) is 0 Å². The minimum Gasteiger partial charge on any atom is -0.493 e. The molecule has 1 aliphatic heterocycles. The average Bonchev–Trinajstić information content (AvgIpc) is 2.78. The molecule has 6 nitrogen and oxygen atoms in total. The molecule has 4 rings (SSSR count). The van der Waals surface area contributed by atoms with Gasteiger partial charge < -0.3 is 19.7 Å². The Bertz CT molecular complexity index is 1140. The minimum atomic E-state index is -2.04. The van der Waals surface area contributed by atoms with Crippen molar-refractivity contribution in [1.82, 2.24) is 14.9 Å². The van der Waals surface area contributed by atoms with Crippen molar-refractivity contribution in [1.29, 1.82) is 0 Å². The maximum atomic E-state index is 14.3. The van der Waals surface area contributed by atoms with Gasteiger partial charge in [-0.25, -0.2) is 14.4 Å². The van der Waals surface area contributed by atoms with Crippen LogP contribution in [0.25, 0.3) is 10.9 Å². The number of rotatable bonds is 6. The Balaban J connectivity index is 1.51. The fourth-order valence-corrected chi connectivity index (χ4v) is 3.79. The molecule has 0 saturated carbocycles. The lowest BCUT2D eigenvalue weighted by Gasteiger charge is -2.28. The molecule has 1 saturated heterocycles. The van der Waals surface area contributed by atoms with Gasteiger partial charge in [0.25, 0.3) is 0 Å². The largest absolute Gasteiger partial charge is 0.493 e. The first-order chi connectivity index (χ1) is 15.7. The van der Waals surface area contributed by atoms with Gasteiger partial charge >= 0.3 is 0 Å². The van der Waals surface area contributed by atoms with E-state index < -0.39 is 12.8 Å². The summed E-state index contributed by atoms with van der Waals surface area (Å²) >= 11 is 3.25. The van der Waals surface area contributed by atoms with Crippen LogP contribution in [0.4, 0.5) is 15.9 Å². The number of hydrogen-bond acceptors (Lipinski definition) is 6. The first kappa shape index (κ1) is 17.3. The standard InChI is InChI=1S/C22H24BrFN4O2/c1-28-7-5-14(6-8-28)12-30-21-11-19-16(10-20(21)29-2)22(26-13-25-19)27-18-4-3-15(23)9-17(18)24/h3-4,9-11,13-14H,5-8,12H2,1-2H3,(H,25,26,27)/i1D3. The van der Waals surface area contributed by atoms with E-state index in [1.807, 2.05) is 0 Å². The normalized spacial score (nSPS) is 17.2. The highest BCUT2D eigenvalue weighted by molar-refractivity contribution is 9.10. The molecule has 30 heavy (non-hydrogen) atoms. The van der Waals surface area contributed by atoms with Crippen molar-refractivity contribution in [3.63, 3.8) is 0 Å². The zero-order valence-electron chi connectivity index (χ0n) is 19.5. The van der Waals surface area contributed by atoms with Gasteiger partial charge in [-0.05, 0) is 63.1 Å². The van der Waals surface area contributed by atoms with Gasteiger partial charge in [-0.3, -0.25) is 0 Å². The number of aromatic nitrogens is 2. The van der Waals surface area contributed by atoms with Crippen molar-refractivity contribution in [3.8, 4) is 11.5 Å². The van der Waals surface area contributed by atoms with Crippen molar-refractivity contribution >= 4 is 38.3 Å². The minimum absolute atomic E-state index is 0.256. The van der Waals surface area contributed by atoms with Gasteiger partial charge in [0.1, 0.15) is 18.0 Å². The summed E-state index contributed by atoms with van der Waals surface area (Å²) in [6.07, 6.45) is 2.91. The molecular weight excluding hydrogens is 451 g/mol. The second-order valence-corrected chi connectivity index (χ2v) is 8.15. The van der Waals surface area contributed by atoms with E-state index in [1.54, 1.807) is 31.4 Å². The second-order valence-electron chi connectivity index (χ2n) is 7.23. The van der Waals surface area contributed by atoms with Gasteiger partial charge in [0.15, 0.2) is 11.5 Å². The average molecular weight is 478 g/mol. The molecule has 0 bridgehead atoms. The summed E-state index contributed by atoms with van der Waals surface area (Å²) in [6, 6.07) is 8.28. The Hall–Kier alpha value is -2.45. The Morgan fingerprint density at radius 1 is 1.23 bits per heavy atom. The van der Waals surface area contributed by atoms with Gasteiger partial charge in [-0.15, -0.1) is 0 Å². The summed E-state index contributed by atoms with van der Waals surface area (Å²) < 4.78 is 49.1. The summed E-state index contributed by atoms with van der Waals surface area (Å²) in [7, 11) is 1.55. The van der Waals surface area contributed by atoms with E-state index in [2.05, 4.69) is 31.2 Å². The van der Waals surface area contributed by atoms with Crippen LogP contribution in [0, 0.1) is 11.7 Å². The molecule has 158 valence electrons. The van der Waals surface area contributed by atoms with Crippen molar-refractivity contribution in [2.24, 2.45) is 5.92 Å². The fraction of sp³-hybridized carbons (Fsp3) is 0.364. The van der Waals surface area contributed by atoms with Crippen molar-refractivity contribution < 1.29 is 18.0 Å². The van der Waals surface area contributed by atoms with Crippen LogP contribution >= 0.6 is 15.9 Å². The Kier molecular flexibility index (Phi) is 5.26. The molecule has 0 unspecified atom stereocenters.